The van der Waals surface area contributed by atoms with Crippen LogP contribution in [0.2, 0.25) is 5.02 Å². The Morgan fingerprint density at radius 3 is 2.72 bits per heavy atom. The number of halogens is 1. The molecule has 4 nitrogen and oxygen atoms in total. The molecule has 0 saturated carbocycles. The second-order valence-corrected chi connectivity index (χ2v) is 4.39. The molecular formula is C13H13ClN2O2. The molecule has 1 heterocycles. The average molecular weight is 265 g/mol. The number of hydrogen-bond donors (Lipinski definition) is 1. The summed E-state index contributed by atoms with van der Waals surface area (Å²) in [7, 11) is 0. The number of hydrogen-bond acceptors (Lipinski definition) is 3. The van der Waals surface area contributed by atoms with Gasteiger partial charge in [0.25, 0.3) is 5.91 Å². The van der Waals surface area contributed by atoms with Crippen LogP contribution in [0.15, 0.2) is 28.8 Å². The average Bonchev–Trinajstić information content (AvgIpc) is 2.69. The Balaban J connectivity index is 2.05. The molecule has 2 rings (SSSR count). The lowest BCUT2D eigenvalue weighted by Gasteiger charge is -2.05. The van der Waals surface area contributed by atoms with Gasteiger partial charge in [-0.3, -0.25) is 4.79 Å². The van der Waals surface area contributed by atoms with Gasteiger partial charge < -0.3 is 9.84 Å². The lowest BCUT2D eigenvalue weighted by molar-refractivity contribution is 0.0941. The van der Waals surface area contributed by atoms with Crippen molar-refractivity contribution in [1.82, 2.24) is 10.5 Å². The van der Waals surface area contributed by atoms with Crippen LogP contribution >= 0.6 is 11.6 Å². The van der Waals surface area contributed by atoms with Crippen LogP contribution in [0.1, 0.15) is 27.4 Å². The molecule has 0 aliphatic carbocycles. The van der Waals surface area contributed by atoms with Gasteiger partial charge in [0.15, 0.2) is 5.69 Å². The fourth-order valence-corrected chi connectivity index (χ4v) is 1.73. The van der Waals surface area contributed by atoms with Gasteiger partial charge in [0.05, 0.1) is 0 Å². The Labute approximate surface area is 110 Å². The number of aromatic nitrogens is 1. The van der Waals surface area contributed by atoms with E-state index < -0.39 is 0 Å². The van der Waals surface area contributed by atoms with Crippen molar-refractivity contribution in [3.05, 3.63) is 51.9 Å². The molecule has 0 unspecified atom stereocenters. The largest absolute Gasteiger partial charge is 0.361 e. The summed E-state index contributed by atoms with van der Waals surface area (Å²) in [5, 5.41) is 7.12. The number of amides is 1. The first-order chi connectivity index (χ1) is 8.59. The summed E-state index contributed by atoms with van der Waals surface area (Å²) in [5.74, 6) is 0.391. The first-order valence-corrected chi connectivity index (χ1v) is 5.92. The van der Waals surface area contributed by atoms with Crippen molar-refractivity contribution in [2.45, 2.75) is 20.4 Å². The smallest absolute Gasteiger partial charge is 0.274 e. The second-order valence-electron chi connectivity index (χ2n) is 3.99. The molecule has 1 N–H and O–H groups in total. The van der Waals surface area contributed by atoms with E-state index in [4.69, 9.17) is 16.1 Å². The molecule has 0 aliphatic heterocycles. The monoisotopic (exact) mass is 264 g/mol. The van der Waals surface area contributed by atoms with E-state index in [1.165, 1.54) is 0 Å². The quantitative estimate of drug-likeness (QED) is 0.927. The van der Waals surface area contributed by atoms with E-state index in [2.05, 4.69) is 10.5 Å². The highest BCUT2D eigenvalue weighted by molar-refractivity contribution is 6.31. The number of rotatable bonds is 3. The van der Waals surface area contributed by atoms with Crippen LogP contribution in [0.3, 0.4) is 0 Å². The third kappa shape index (κ3) is 2.54. The SMILES string of the molecule is Cc1onc(C(=O)NCc2ccccc2Cl)c1C. The number of nitrogens with zero attached hydrogens (tertiary/aromatic N) is 1. The second kappa shape index (κ2) is 5.23. The summed E-state index contributed by atoms with van der Waals surface area (Å²) in [5.41, 5.74) is 1.94. The summed E-state index contributed by atoms with van der Waals surface area (Å²) in [6, 6.07) is 7.37. The maximum atomic E-state index is 11.9. The minimum atomic E-state index is -0.260. The Kier molecular flexibility index (Phi) is 3.67. The van der Waals surface area contributed by atoms with E-state index in [9.17, 15) is 4.79 Å². The molecular weight excluding hydrogens is 252 g/mol. The van der Waals surface area contributed by atoms with Crippen LogP contribution in [-0.2, 0) is 6.54 Å². The van der Waals surface area contributed by atoms with Gasteiger partial charge in [0, 0.05) is 17.1 Å². The molecule has 0 fully saturated rings. The van der Waals surface area contributed by atoms with Gasteiger partial charge in [-0.05, 0) is 25.5 Å². The molecule has 0 atom stereocenters. The fraction of sp³-hybridized carbons (Fsp3) is 0.231. The zero-order valence-electron chi connectivity index (χ0n) is 10.2. The van der Waals surface area contributed by atoms with Gasteiger partial charge in [-0.15, -0.1) is 0 Å². The molecule has 2 aromatic rings. The summed E-state index contributed by atoms with van der Waals surface area (Å²) in [4.78, 5) is 11.9. The third-order valence-corrected chi connectivity index (χ3v) is 3.14. The summed E-state index contributed by atoms with van der Waals surface area (Å²) in [6.07, 6.45) is 0. The molecule has 0 radical (unpaired) electrons. The first-order valence-electron chi connectivity index (χ1n) is 5.54. The van der Waals surface area contributed by atoms with Crippen molar-refractivity contribution in [2.75, 3.05) is 0 Å². The van der Waals surface area contributed by atoms with Crippen molar-refractivity contribution in [3.8, 4) is 0 Å². The maximum Gasteiger partial charge on any atom is 0.274 e. The molecule has 0 aliphatic rings. The zero-order valence-corrected chi connectivity index (χ0v) is 10.9. The predicted molar refractivity (Wildman–Crippen MR) is 68.6 cm³/mol. The van der Waals surface area contributed by atoms with Gasteiger partial charge >= 0.3 is 0 Å². The Morgan fingerprint density at radius 1 is 1.39 bits per heavy atom. The normalized spacial score (nSPS) is 10.4. The van der Waals surface area contributed by atoms with Crippen molar-refractivity contribution in [2.24, 2.45) is 0 Å². The van der Waals surface area contributed by atoms with E-state index in [1.807, 2.05) is 18.2 Å². The molecule has 5 heteroatoms. The molecule has 1 aromatic heterocycles. The minimum Gasteiger partial charge on any atom is -0.361 e. The van der Waals surface area contributed by atoms with Crippen molar-refractivity contribution >= 4 is 17.5 Å². The van der Waals surface area contributed by atoms with Crippen LogP contribution in [0.5, 0.6) is 0 Å². The third-order valence-electron chi connectivity index (χ3n) is 2.77. The highest BCUT2D eigenvalue weighted by atomic mass is 35.5. The Hall–Kier alpha value is -1.81. The lowest BCUT2D eigenvalue weighted by Crippen LogP contribution is -2.24. The molecule has 0 spiro atoms. The molecule has 1 aromatic carbocycles. The van der Waals surface area contributed by atoms with Crippen LogP contribution < -0.4 is 5.32 Å². The Bertz CT molecular complexity index is 578. The van der Waals surface area contributed by atoms with E-state index in [0.29, 0.717) is 23.0 Å². The van der Waals surface area contributed by atoms with Gasteiger partial charge in [-0.2, -0.15) is 0 Å². The van der Waals surface area contributed by atoms with Crippen LogP contribution in [0, 0.1) is 13.8 Å². The van der Waals surface area contributed by atoms with Gasteiger partial charge in [-0.1, -0.05) is 35.0 Å². The maximum absolute atomic E-state index is 11.9. The van der Waals surface area contributed by atoms with Crippen molar-refractivity contribution in [3.63, 3.8) is 0 Å². The molecule has 18 heavy (non-hydrogen) atoms. The number of nitrogens with one attached hydrogen (secondary N) is 1. The highest BCUT2D eigenvalue weighted by Gasteiger charge is 2.16. The number of aryl methyl sites for hydroxylation is 1. The van der Waals surface area contributed by atoms with E-state index in [0.717, 1.165) is 11.1 Å². The Morgan fingerprint density at radius 2 is 2.11 bits per heavy atom. The first kappa shape index (κ1) is 12.6. The van der Waals surface area contributed by atoms with E-state index >= 15 is 0 Å². The van der Waals surface area contributed by atoms with E-state index in [-0.39, 0.29) is 5.91 Å². The standard InChI is InChI=1S/C13H13ClN2O2/c1-8-9(2)18-16-12(8)13(17)15-7-10-5-3-4-6-11(10)14/h3-6H,7H2,1-2H3,(H,15,17). The molecule has 94 valence electrons. The van der Waals surface area contributed by atoms with Crippen molar-refractivity contribution in [1.29, 1.82) is 0 Å². The van der Waals surface area contributed by atoms with Crippen molar-refractivity contribution < 1.29 is 9.32 Å². The van der Waals surface area contributed by atoms with Crippen LogP contribution in [0.4, 0.5) is 0 Å². The van der Waals surface area contributed by atoms with E-state index in [1.54, 1.807) is 19.9 Å². The molecule has 1 amide bonds. The topological polar surface area (TPSA) is 55.1 Å². The molecule has 0 saturated heterocycles. The highest BCUT2D eigenvalue weighted by Crippen LogP contribution is 2.15. The number of benzene rings is 1. The summed E-state index contributed by atoms with van der Waals surface area (Å²) >= 11 is 6.00. The van der Waals surface area contributed by atoms with Crippen LogP contribution in [0.25, 0.3) is 0 Å². The molecule has 0 bridgehead atoms. The van der Waals surface area contributed by atoms with Crippen LogP contribution in [-0.4, -0.2) is 11.1 Å². The van der Waals surface area contributed by atoms with Gasteiger partial charge in [0.1, 0.15) is 5.76 Å². The zero-order chi connectivity index (χ0) is 13.1. The summed E-state index contributed by atoms with van der Waals surface area (Å²) < 4.78 is 4.96. The minimum absolute atomic E-state index is 0.260. The number of carbonyl (C=O) groups excluding carboxylic acids is 1. The number of carbonyl (C=O) groups is 1. The lowest BCUT2D eigenvalue weighted by atomic mass is 10.2. The predicted octanol–water partition coefficient (Wildman–Crippen LogP) is 2.87. The van der Waals surface area contributed by atoms with Gasteiger partial charge in [-0.25, -0.2) is 0 Å². The summed E-state index contributed by atoms with van der Waals surface area (Å²) in [6.45, 7) is 3.94. The fourth-order valence-electron chi connectivity index (χ4n) is 1.53. The van der Waals surface area contributed by atoms with Gasteiger partial charge in [0.2, 0.25) is 0 Å².